The number of anilines is 2. The number of rotatable bonds is 5. The lowest BCUT2D eigenvalue weighted by Crippen LogP contribution is -2.30. The smallest absolute Gasteiger partial charge is 0.262 e. The molecule has 2 heterocycles. The van der Waals surface area contributed by atoms with E-state index in [9.17, 15) is 4.79 Å². The van der Waals surface area contributed by atoms with Crippen molar-refractivity contribution < 1.29 is 9.53 Å². The van der Waals surface area contributed by atoms with Gasteiger partial charge >= 0.3 is 0 Å². The van der Waals surface area contributed by atoms with Crippen LogP contribution in [0, 0.1) is 0 Å². The average Bonchev–Trinajstić information content (AvgIpc) is 2.75. The lowest BCUT2D eigenvalue weighted by molar-refractivity contribution is -0.118. The molecule has 1 N–H and O–H groups in total. The van der Waals surface area contributed by atoms with Crippen molar-refractivity contribution in [3.05, 3.63) is 58.6 Å². The number of carbonyl (C=O) groups is 1. The Bertz CT molecular complexity index is 1040. The number of hydrogen-bond donors (Lipinski definition) is 1. The van der Waals surface area contributed by atoms with E-state index >= 15 is 0 Å². The van der Waals surface area contributed by atoms with E-state index in [1.165, 1.54) is 19.3 Å². The molecule has 1 aliphatic heterocycles. The van der Waals surface area contributed by atoms with Crippen LogP contribution in [0.5, 0.6) is 5.75 Å². The number of halogens is 2. The zero-order chi connectivity index (χ0) is 20.2. The number of amides is 1. The third kappa shape index (κ3) is 4.74. The topological polar surface area (TPSA) is 54.5 Å². The minimum absolute atomic E-state index is 0.130. The standard InChI is InChI=1S/C22H21Cl2N3O2/c23-17-9-8-16(13-18(17)24)25-21(28)14-29-19-6-4-5-15-7-10-20(26-22(15)19)27-11-2-1-3-12-27/h4-10,13H,1-3,11-12,14H2,(H,25,28). The van der Waals surface area contributed by atoms with Crippen LogP contribution >= 0.6 is 23.2 Å². The van der Waals surface area contributed by atoms with E-state index in [-0.39, 0.29) is 12.5 Å². The Hall–Kier alpha value is -2.50. The molecule has 3 aromatic rings. The molecular formula is C22H21Cl2N3O2. The van der Waals surface area contributed by atoms with Crippen molar-refractivity contribution in [3.63, 3.8) is 0 Å². The summed E-state index contributed by atoms with van der Waals surface area (Å²) < 4.78 is 5.80. The van der Waals surface area contributed by atoms with Gasteiger partial charge in [-0.3, -0.25) is 4.79 Å². The molecule has 7 heteroatoms. The molecule has 0 radical (unpaired) electrons. The fraction of sp³-hybridized carbons (Fsp3) is 0.273. The van der Waals surface area contributed by atoms with Crippen molar-refractivity contribution in [1.29, 1.82) is 0 Å². The second-order valence-corrected chi connectivity index (χ2v) is 7.83. The first-order chi connectivity index (χ1) is 14.1. The van der Waals surface area contributed by atoms with Gasteiger partial charge in [0.1, 0.15) is 17.1 Å². The maximum Gasteiger partial charge on any atom is 0.262 e. The van der Waals surface area contributed by atoms with E-state index in [4.69, 9.17) is 32.9 Å². The van der Waals surface area contributed by atoms with Crippen LogP contribution in [-0.4, -0.2) is 30.6 Å². The number of para-hydroxylation sites is 1. The van der Waals surface area contributed by atoms with E-state index < -0.39 is 0 Å². The maximum atomic E-state index is 12.3. The summed E-state index contributed by atoms with van der Waals surface area (Å²) >= 11 is 11.9. The van der Waals surface area contributed by atoms with Crippen LogP contribution in [0.15, 0.2) is 48.5 Å². The molecule has 5 nitrogen and oxygen atoms in total. The highest BCUT2D eigenvalue weighted by molar-refractivity contribution is 6.42. The number of carbonyl (C=O) groups excluding carboxylic acids is 1. The zero-order valence-electron chi connectivity index (χ0n) is 15.8. The zero-order valence-corrected chi connectivity index (χ0v) is 17.3. The summed E-state index contributed by atoms with van der Waals surface area (Å²) in [4.78, 5) is 19.4. The Labute approximate surface area is 179 Å². The van der Waals surface area contributed by atoms with E-state index in [0.29, 0.717) is 21.5 Å². The Balaban J connectivity index is 1.48. The van der Waals surface area contributed by atoms with Crippen LogP contribution in [0.4, 0.5) is 11.5 Å². The predicted molar refractivity (Wildman–Crippen MR) is 118 cm³/mol. The minimum atomic E-state index is -0.285. The SMILES string of the molecule is O=C(COc1cccc2ccc(N3CCCCC3)nc12)Nc1ccc(Cl)c(Cl)c1. The van der Waals surface area contributed by atoms with Gasteiger partial charge in [-0.15, -0.1) is 0 Å². The number of nitrogens with one attached hydrogen (secondary N) is 1. The van der Waals surface area contributed by atoms with E-state index in [0.717, 1.165) is 29.8 Å². The predicted octanol–water partition coefficient (Wildman–Crippen LogP) is 5.55. The highest BCUT2D eigenvalue weighted by atomic mass is 35.5. The minimum Gasteiger partial charge on any atom is -0.481 e. The molecule has 0 spiro atoms. The highest BCUT2D eigenvalue weighted by Gasteiger charge is 2.14. The molecule has 29 heavy (non-hydrogen) atoms. The van der Waals surface area contributed by atoms with Crippen molar-refractivity contribution >= 4 is 51.5 Å². The number of nitrogens with zero attached hydrogens (tertiary/aromatic N) is 2. The lowest BCUT2D eigenvalue weighted by Gasteiger charge is -2.28. The molecule has 1 saturated heterocycles. The van der Waals surface area contributed by atoms with Gasteiger partial charge in [-0.05, 0) is 55.7 Å². The monoisotopic (exact) mass is 429 g/mol. The van der Waals surface area contributed by atoms with Crippen LogP contribution in [0.1, 0.15) is 19.3 Å². The van der Waals surface area contributed by atoms with Crippen molar-refractivity contribution in [3.8, 4) is 5.75 Å². The van der Waals surface area contributed by atoms with Gasteiger partial charge in [0.25, 0.3) is 5.91 Å². The van der Waals surface area contributed by atoms with Gasteiger partial charge in [0.15, 0.2) is 6.61 Å². The molecule has 0 bridgehead atoms. The third-order valence-electron chi connectivity index (χ3n) is 4.91. The molecule has 0 aliphatic carbocycles. The first-order valence-corrected chi connectivity index (χ1v) is 10.4. The fourth-order valence-corrected chi connectivity index (χ4v) is 3.74. The molecule has 0 saturated carbocycles. The first-order valence-electron chi connectivity index (χ1n) is 9.62. The van der Waals surface area contributed by atoms with Gasteiger partial charge < -0.3 is 15.0 Å². The number of aromatic nitrogens is 1. The van der Waals surface area contributed by atoms with Gasteiger partial charge in [-0.25, -0.2) is 4.98 Å². The maximum absolute atomic E-state index is 12.3. The summed E-state index contributed by atoms with van der Waals surface area (Å²) in [5, 5.41) is 4.56. The van der Waals surface area contributed by atoms with Gasteiger partial charge in [-0.2, -0.15) is 0 Å². The van der Waals surface area contributed by atoms with Crippen LogP contribution in [-0.2, 0) is 4.79 Å². The number of piperidine rings is 1. The number of fused-ring (bicyclic) bond motifs is 1. The highest BCUT2D eigenvalue weighted by Crippen LogP contribution is 2.28. The van der Waals surface area contributed by atoms with Crippen molar-refractivity contribution in [1.82, 2.24) is 4.98 Å². The Morgan fingerprint density at radius 1 is 1.03 bits per heavy atom. The fourth-order valence-electron chi connectivity index (χ4n) is 3.44. The molecule has 2 aromatic carbocycles. The molecule has 150 valence electrons. The van der Waals surface area contributed by atoms with Crippen molar-refractivity contribution in [2.45, 2.75) is 19.3 Å². The van der Waals surface area contributed by atoms with Crippen LogP contribution < -0.4 is 15.0 Å². The Morgan fingerprint density at radius 2 is 1.86 bits per heavy atom. The van der Waals surface area contributed by atoms with E-state index in [1.807, 2.05) is 18.2 Å². The van der Waals surface area contributed by atoms with E-state index in [2.05, 4.69) is 22.3 Å². The Morgan fingerprint density at radius 3 is 2.66 bits per heavy atom. The summed E-state index contributed by atoms with van der Waals surface area (Å²) in [7, 11) is 0. The number of ether oxygens (including phenoxy) is 1. The molecule has 0 unspecified atom stereocenters. The van der Waals surface area contributed by atoms with Gasteiger partial charge in [0.05, 0.1) is 10.0 Å². The Kier molecular flexibility index (Phi) is 6.07. The quantitative estimate of drug-likeness (QED) is 0.577. The lowest BCUT2D eigenvalue weighted by atomic mass is 10.1. The molecule has 1 fully saturated rings. The van der Waals surface area contributed by atoms with E-state index in [1.54, 1.807) is 18.2 Å². The third-order valence-corrected chi connectivity index (χ3v) is 5.65. The van der Waals surface area contributed by atoms with Crippen molar-refractivity contribution in [2.24, 2.45) is 0 Å². The molecule has 0 atom stereocenters. The van der Waals surface area contributed by atoms with Crippen LogP contribution in [0.2, 0.25) is 10.0 Å². The van der Waals surface area contributed by atoms with Crippen LogP contribution in [0.3, 0.4) is 0 Å². The second-order valence-electron chi connectivity index (χ2n) is 7.01. The summed E-state index contributed by atoms with van der Waals surface area (Å²) in [6, 6.07) is 14.8. The van der Waals surface area contributed by atoms with Gasteiger partial charge in [0.2, 0.25) is 0 Å². The second kappa shape index (κ2) is 8.89. The van der Waals surface area contributed by atoms with Crippen LogP contribution in [0.25, 0.3) is 10.9 Å². The first kappa shape index (κ1) is 19.8. The number of hydrogen-bond acceptors (Lipinski definition) is 4. The van der Waals surface area contributed by atoms with Gasteiger partial charge in [0, 0.05) is 24.2 Å². The summed E-state index contributed by atoms with van der Waals surface area (Å²) in [6.45, 7) is 1.91. The largest absolute Gasteiger partial charge is 0.481 e. The summed E-state index contributed by atoms with van der Waals surface area (Å²) in [6.07, 6.45) is 3.64. The average molecular weight is 430 g/mol. The van der Waals surface area contributed by atoms with Gasteiger partial charge in [-0.1, -0.05) is 35.3 Å². The number of benzene rings is 2. The summed E-state index contributed by atoms with van der Waals surface area (Å²) in [5.41, 5.74) is 1.33. The molecule has 1 aromatic heterocycles. The molecule has 1 amide bonds. The summed E-state index contributed by atoms with van der Waals surface area (Å²) in [5.74, 6) is 1.26. The molecular weight excluding hydrogens is 409 g/mol. The molecule has 1 aliphatic rings. The normalized spacial score (nSPS) is 14.1. The van der Waals surface area contributed by atoms with Crippen molar-refractivity contribution in [2.75, 3.05) is 29.9 Å². The number of pyridine rings is 1. The molecule has 4 rings (SSSR count).